The van der Waals surface area contributed by atoms with Crippen LogP contribution in [-0.2, 0) is 11.4 Å². The van der Waals surface area contributed by atoms with Gasteiger partial charge in [-0.15, -0.1) is 0 Å². The quantitative estimate of drug-likeness (QED) is 0.324. The fourth-order valence-electron chi connectivity index (χ4n) is 3.05. The van der Waals surface area contributed by atoms with E-state index in [-0.39, 0.29) is 12.8 Å². The molecule has 4 nitrogen and oxygen atoms in total. The largest absolute Gasteiger partial charge is 0.391 e. The number of halogens is 2. The van der Waals surface area contributed by atoms with Crippen LogP contribution in [0.15, 0.2) is 87.9 Å². The molecule has 0 N–H and O–H groups in total. The molecule has 0 radical (unpaired) electrons. The lowest BCUT2D eigenvalue weighted by atomic mass is 10.1. The average Bonchev–Trinajstić information content (AvgIpc) is 3.18. The van der Waals surface area contributed by atoms with Crippen molar-refractivity contribution in [3.63, 3.8) is 0 Å². The second-order valence-electron chi connectivity index (χ2n) is 6.89. The van der Waals surface area contributed by atoms with Crippen LogP contribution in [0.1, 0.15) is 28.4 Å². The molecule has 4 rings (SSSR count). The van der Waals surface area contributed by atoms with Crippen molar-refractivity contribution in [1.29, 1.82) is 0 Å². The zero-order chi connectivity index (χ0) is 20.9. The summed E-state index contributed by atoms with van der Waals surface area (Å²) in [5.41, 5.74) is 5.48. The standard InChI is InChI=1S/C24H19Cl2N3O/c1-16-7-9-17(10-8-16)23-22(28-24(29-23)18-5-3-2-4-6-18)14-27-30-15-19-11-12-20(25)13-21(19)26/h2-14,24H,15H2,1H3/b27-14+. The van der Waals surface area contributed by atoms with Crippen LogP contribution in [0.3, 0.4) is 0 Å². The summed E-state index contributed by atoms with van der Waals surface area (Å²) in [5.74, 6) is 0. The Hall–Kier alpha value is -2.95. The Labute approximate surface area is 185 Å². The lowest BCUT2D eigenvalue weighted by Crippen LogP contribution is -2.14. The molecule has 30 heavy (non-hydrogen) atoms. The first-order chi connectivity index (χ1) is 14.6. The number of nitrogens with zero attached hydrogens (tertiary/aromatic N) is 3. The second-order valence-corrected chi connectivity index (χ2v) is 7.73. The van der Waals surface area contributed by atoms with Gasteiger partial charge in [-0.1, -0.05) is 94.6 Å². The molecule has 0 saturated carbocycles. The normalized spacial score (nSPS) is 15.9. The van der Waals surface area contributed by atoms with Crippen LogP contribution in [0.4, 0.5) is 0 Å². The zero-order valence-corrected chi connectivity index (χ0v) is 17.8. The maximum atomic E-state index is 6.18. The Morgan fingerprint density at radius 3 is 2.47 bits per heavy atom. The third kappa shape index (κ3) is 4.78. The molecule has 0 amide bonds. The van der Waals surface area contributed by atoms with Gasteiger partial charge < -0.3 is 4.84 Å². The molecular weight excluding hydrogens is 417 g/mol. The first-order valence-electron chi connectivity index (χ1n) is 9.47. The van der Waals surface area contributed by atoms with E-state index in [1.54, 1.807) is 18.3 Å². The summed E-state index contributed by atoms with van der Waals surface area (Å²) in [5, 5.41) is 5.23. The van der Waals surface area contributed by atoms with Crippen molar-refractivity contribution in [2.45, 2.75) is 19.7 Å². The van der Waals surface area contributed by atoms with Crippen molar-refractivity contribution in [3.8, 4) is 0 Å². The highest BCUT2D eigenvalue weighted by Crippen LogP contribution is 2.26. The summed E-state index contributed by atoms with van der Waals surface area (Å²) in [6.07, 6.45) is 1.31. The van der Waals surface area contributed by atoms with Crippen molar-refractivity contribution < 1.29 is 4.84 Å². The maximum Gasteiger partial charge on any atom is 0.166 e. The molecule has 6 heteroatoms. The van der Waals surface area contributed by atoms with Crippen molar-refractivity contribution in [2.24, 2.45) is 15.1 Å². The van der Waals surface area contributed by atoms with Gasteiger partial charge >= 0.3 is 0 Å². The Morgan fingerprint density at radius 1 is 0.967 bits per heavy atom. The smallest absolute Gasteiger partial charge is 0.166 e. The molecule has 0 saturated heterocycles. The van der Waals surface area contributed by atoms with Gasteiger partial charge in [0, 0.05) is 21.2 Å². The van der Waals surface area contributed by atoms with E-state index in [1.165, 1.54) is 5.56 Å². The third-order valence-corrected chi connectivity index (χ3v) is 5.25. The van der Waals surface area contributed by atoms with E-state index in [0.29, 0.717) is 15.8 Å². The highest BCUT2D eigenvalue weighted by atomic mass is 35.5. The van der Waals surface area contributed by atoms with E-state index >= 15 is 0 Å². The zero-order valence-electron chi connectivity index (χ0n) is 16.3. The van der Waals surface area contributed by atoms with Gasteiger partial charge in [-0.3, -0.25) is 4.99 Å². The van der Waals surface area contributed by atoms with Crippen molar-refractivity contribution >= 4 is 40.8 Å². The van der Waals surface area contributed by atoms with Gasteiger partial charge in [-0.25, -0.2) is 4.99 Å². The van der Waals surface area contributed by atoms with Gasteiger partial charge in [0.1, 0.15) is 12.3 Å². The number of hydrogen-bond donors (Lipinski definition) is 0. The van der Waals surface area contributed by atoms with Crippen molar-refractivity contribution in [1.82, 2.24) is 0 Å². The Bertz CT molecular complexity index is 1120. The number of oxime groups is 1. The summed E-state index contributed by atoms with van der Waals surface area (Å²) >= 11 is 12.1. The molecule has 0 spiro atoms. The van der Waals surface area contributed by atoms with Gasteiger partial charge in [0.15, 0.2) is 6.17 Å². The Kier molecular flexibility index (Phi) is 6.26. The summed E-state index contributed by atoms with van der Waals surface area (Å²) in [7, 11) is 0. The molecule has 1 unspecified atom stereocenters. The van der Waals surface area contributed by atoms with E-state index in [9.17, 15) is 0 Å². The minimum absolute atomic E-state index is 0.235. The molecule has 3 aromatic carbocycles. The Morgan fingerprint density at radius 2 is 1.73 bits per heavy atom. The minimum Gasteiger partial charge on any atom is -0.391 e. The molecule has 0 aliphatic carbocycles. The predicted molar refractivity (Wildman–Crippen MR) is 124 cm³/mol. The summed E-state index contributed by atoms with van der Waals surface area (Å²) < 4.78 is 0. The van der Waals surface area contributed by atoms with E-state index < -0.39 is 0 Å². The topological polar surface area (TPSA) is 46.3 Å². The van der Waals surface area contributed by atoms with Crippen LogP contribution < -0.4 is 0 Å². The summed E-state index contributed by atoms with van der Waals surface area (Å²) in [6.45, 7) is 2.29. The van der Waals surface area contributed by atoms with Gasteiger partial charge in [0.2, 0.25) is 0 Å². The average molecular weight is 436 g/mol. The minimum atomic E-state index is -0.297. The van der Waals surface area contributed by atoms with E-state index in [4.69, 9.17) is 38.0 Å². The molecule has 1 aliphatic heterocycles. The van der Waals surface area contributed by atoms with Gasteiger partial charge in [0.05, 0.1) is 11.9 Å². The highest BCUT2D eigenvalue weighted by Gasteiger charge is 2.22. The molecule has 1 atom stereocenters. The SMILES string of the molecule is Cc1ccc(C2=NC(c3ccccc3)N=C2/C=N/OCc2ccc(Cl)cc2Cl)cc1. The van der Waals surface area contributed by atoms with Crippen LogP contribution >= 0.6 is 23.2 Å². The van der Waals surface area contributed by atoms with Gasteiger partial charge in [-0.2, -0.15) is 0 Å². The number of hydrogen-bond acceptors (Lipinski definition) is 4. The van der Waals surface area contributed by atoms with Crippen LogP contribution in [0.2, 0.25) is 10.0 Å². The number of benzene rings is 3. The second kappa shape index (κ2) is 9.24. The highest BCUT2D eigenvalue weighted by molar-refractivity contribution is 6.67. The monoisotopic (exact) mass is 435 g/mol. The molecule has 1 heterocycles. The van der Waals surface area contributed by atoms with E-state index in [1.807, 2.05) is 48.5 Å². The first-order valence-corrected chi connectivity index (χ1v) is 10.2. The van der Waals surface area contributed by atoms with Crippen LogP contribution in [0.5, 0.6) is 0 Å². The van der Waals surface area contributed by atoms with E-state index in [2.05, 4.69) is 24.2 Å². The lowest BCUT2D eigenvalue weighted by molar-refractivity contribution is 0.132. The molecular formula is C24H19Cl2N3O. The first kappa shape index (κ1) is 20.3. The molecule has 150 valence electrons. The Balaban J connectivity index is 1.54. The predicted octanol–water partition coefficient (Wildman–Crippen LogP) is 6.45. The fraction of sp³-hybridized carbons (Fsp3) is 0.125. The number of aliphatic imine (C=N–C) groups is 2. The van der Waals surface area contributed by atoms with Crippen LogP contribution in [0, 0.1) is 6.92 Å². The number of aryl methyl sites for hydroxylation is 1. The van der Waals surface area contributed by atoms with Crippen LogP contribution in [-0.4, -0.2) is 17.6 Å². The molecule has 1 aliphatic rings. The molecule has 3 aromatic rings. The van der Waals surface area contributed by atoms with Gasteiger partial charge in [0.25, 0.3) is 0 Å². The number of rotatable bonds is 6. The fourth-order valence-corrected chi connectivity index (χ4v) is 3.51. The maximum absolute atomic E-state index is 6.18. The summed E-state index contributed by atoms with van der Waals surface area (Å²) in [6, 6.07) is 23.4. The molecule has 0 bridgehead atoms. The lowest BCUT2D eigenvalue weighted by Gasteiger charge is -2.04. The van der Waals surface area contributed by atoms with Crippen LogP contribution in [0.25, 0.3) is 0 Å². The third-order valence-electron chi connectivity index (χ3n) is 4.66. The summed E-state index contributed by atoms with van der Waals surface area (Å²) in [4.78, 5) is 15.0. The molecule has 0 aromatic heterocycles. The van der Waals surface area contributed by atoms with Crippen molar-refractivity contribution in [2.75, 3.05) is 0 Å². The van der Waals surface area contributed by atoms with E-state index in [0.717, 1.165) is 22.4 Å². The molecule has 0 fully saturated rings. The van der Waals surface area contributed by atoms with Crippen molar-refractivity contribution in [3.05, 3.63) is 105 Å². The van der Waals surface area contributed by atoms with Gasteiger partial charge in [-0.05, 0) is 24.6 Å².